The predicted octanol–water partition coefficient (Wildman–Crippen LogP) is 3.30. The largest absolute Gasteiger partial charge is 0.479 e. The number of ether oxygens (including phenoxy) is 2. The first-order valence-electron chi connectivity index (χ1n) is 12.2. The van der Waals surface area contributed by atoms with E-state index in [2.05, 4.69) is 34.9 Å². The maximum Gasteiger partial charge on any atom is 0.407 e. The molecular weight excluding hydrogens is 448 g/mol. The van der Waals surface area contributed by atoms with E-state index in [4.69, 9.17) is 9.47 Å². The molecule has 0 bridgehead atoms. The van der Waals surface area contributed by atoms with Crippen molar-refractivity contribution in [2.75, 3.05) is 19.8 Å². The van der Waals surface area contributed by atoms with E-state index in [1.165, 1.54) is 11.1 Å². The van der Waals surface area contributed by atoms with Crippen LogP contribution >= 0.6 is 0 Å². The lowest BCUT2D eigenvalue weighted by Crippen LogP contribution is -2.39. The van der Waals surface area contributed by atoms with Crippen molar-refractivity contribution in [2.45, 2.75) is 43.7 Å². The summed E-state index contributed by atoms with van der Waals surface area (Å²) in [5.41, 5.74) is 4.69. The molecule has 0 radical (unpaired) electrons. The fourth-order valence-corrected chi connectivity index (χ4v) is 5.65. The molecule has 8 heteroatoms. The summed E-state index contributed by atoms with van der Waals surface area (Å²) in [6.07, 6.45) is 1.20. The molecule has 0 aromatic heterocycles. The van der Waals surface area contributed by atoms with Gasteiger partial charge in [-0.3, -0.25) is 4.79 Å². The molecule has 1 aliphatic heterocycles. The van der Waals surface area contributed by atoms with Crippen molar-refractivity contribution < 1.29 is 29.0 Å². The Morgan fingerprint density at radius 1 is 0.971 bits per heavy atom. The monoisotopic (exact) mass is 478 g/mol. The van der Waals surface area contributed by atoms with Crippen molar-refractivity contribution in [3.8, 4) is 11.1 Å². The van der Waals surface area contributed by atoms with Crippen LogP contribution in [0.3, 0.4) is 0 Å². The van der Waals surface area contributed by atoms with Gasteiger partial charge in [0.1, 0.15) is 6.61 Å². The number of hydrogen-bond donors (Lipinski definition) is 3. The standard InChI is InChI=1S/C27H30N2O6/c30-25(28-14-17-11-12-34-24(17)26(31)32)16-9-10-18(13-16)29-27(33)35-15-23-21-7-3-1-5-19(21)20-6-2-4-8-22(20)23/h1-8,16-18,23-24H,9-15H2,(H,28,30)(H,29,33)(H,31,32)/t16-,17-,18+,24-/m1/s1. The van der Waals surface area contributed by atoms with Crippen LogP contribution in [-0.4, -0.2) is 55.0 Å². The van der Waals surface area contributed by atoms with Crippen LogP contribution in [0.15, 0.2) is 48.5 Å². The highest BCUT2D eigenvalue weighted by Gasteiger charge is 2.36. The molecule has 2 aliphatic carbocycles. The molecule has 3 aliphatic rings. The molecule has 4 atom stereocenters. The van der Waals surface area contributed by atoms with Crippen LogP contribution < -0.4 is 10.6 Å². The molecule has 1 heterocycles. The Morgan fingerprint density at radius 3 is 2.34 bits per heavy atom. The maximum absolute atomic E-state index is 12.6. The van der Waals surface area contributed by atoms with Gasteiger partial charge in [-0.1, -0.05) is 48.5 Å². The van der Waals surface area contributed by atoms with Crippen LogP contribution in [0, 0.1) is 11.8 Å². The van der Waals surface area contributed by atoms with Gasteiger partial charge in [-0.25, -0.2) is 9.59 Å². The maximum atomic E-state index is 12.6. The summed E-state index contributed by atoms with van der Waals surface area (Å²) in [4.78, 5) is 36.4. The summed E-state index contributed by atoms with van der Waals surface area (Å²) >= 11 is 0. The number of nitrogens with one attached hydrogen (secondary N) is 2. The first-order valence-corrected chi connectivity index (χ1v) is 12.2. The summed E-state index contributed by atoms with van der Waals surface area (Å²) in [6.45, 7) is 0.939. The smallest absolute Gasteiger partial charge is 0.407 e. The summed E-state index contributed by atoms with van der Waals surface area (Å²) in [5, 5.41) is 15.0. The summed E-state index contributed by atoms with van der Waals surface area (Å²) in [7, 11) is 0. The topological polar surface area (TPSA) is 114 Å². The third-order valence-corrected chi connectivity index (χ3v) is 7.47. The zero-order valence-corrected chi connectivity index (χ0v) is 19.4. The van der Waals surface area contributed by atoms with Gasteiger partial charge in [0, 0.05) is 36.9 Å². The normalized spacial score (nSPS) is 25.0. The van der Waals surface area contributed by atoms with Crippen LogP contribution in [0.25, 0.3) is 11.1 Å². The molecule has 1 saturated heterocycles. The van der Waals surface area contributed by atoms with Crippen molar-refractivity contribution in [2.24, 2.45) is 11.8 Å². The number of fused-ring (bicyclic) bond motifs is 3. The van der Waals surface area contributed by atoms with E-state index in [9.17, 15) is 19.5 Å². The van der Waals surface area contributed by atoms with Gasteiger partial charge in [-0.2, -0.15) is 0 Å². The van der Waals surface area contributed by atoms with Gasteiger partial charge in [-0.15, -0.1) is 0 Å². The van der Waals surface area contributed by atoms with E-state index in [0.717, 1.165) is 11.1 Å². The van der Waals surface area contributed by atoms with E-state index in [1.807, 2.05) is 24.3 Å². The second kappa shape index (κ2) is 10.1. The Balaban J connectivity index is 1.09. The van der Waals surface area contributed by atoms with Crippen molar-refractivity contribution in [3.05, 3.63) is 59.7 Å². The minimum Gasteiger partial charge on any atom is -0.479 e. The van der Waals surface area contributed by atoms with Crippen molar-refractivity contribution in [1.29, 1.82) is 0 Å². The highest BCUT2D eigenvalue weighted by atomic mass is 16.5. The number of benzene rings is 2. The van der Waals surface area contributed by atoms with Gasteiger partial charge in [-0.05, 0) is 47.9 Å². The van der Waals surface area contributed by atoms with Crippen LogP contribution in [0.5, 0.6) is 0 Å². The van der Waals surface area contributed by atoms with Crippen LogP contribution in [0.2, 0.25) is 0 Å². The van der Waals surface area contributed by atoms with E-state index < -0.39 is 18.2 Å². The Kier molecular flexibility index (Phi) is 6.72. The lowest BCUT2D eigenvalue weighted by Gasteiger charge is -2.18. The van der Waals surface area contributed by atoms with Gasteiger partial charge >= 0.3 is 12.1 Å². The molecule has 0 unspecified atom stereocenters. The zero-order chi connectivity index (χ0) is 24.4. The summed E-state index contributed by atoms with van der Waals surface area (Å²) < 4.78 is 10.9. The molecule has 2 aromatic carbocycles. The molecule has 0 spiro atoms. The predicted molar refractivity (Wildman–Crippen MR) is 128 cm³/mol. The van der Waals surface area contributed by atoms with Crippen LogP contribution in [0.1, 0.15) is 42.7 Å². The van der Waals surface area contributed by atoms with Gasteiger partial charge in [0.15, 0.2) is 6.10 Å². The minimum absolute atomic E-state index is 0.00412. The number of carboxylic acids is 1. The van der Waals surface area contributed by atoms with Crippen molar-refractivity contribution >= 4 is 18.0 Å². The lowest BCUT2D eigenvalue weighted by molar-refractivity contribution is -0.149. The average Bonchev–Trinajstić information content (AvgIpc) is 3.59. The van der Waals surface area contributed by atoms with E-state index in [-0.39, 0.29) is 42.9 Å². The molecule has 1 saturated carbocycles. The third-order valence-electron chi connectivity index (χ3n) is 7.47. The highest BCUT2D eigenvalue weighted by Crippen LogP contribution is 2.44. The van der Waals surface area contributed by atoms with Gasteiger partial charge in [0.05, 0.1) is 0 Å². The third kappa shape index (κ3) is 4.89. The number of carbonyl (C=O) groups is 3. The number of carboxylic acid groups (broad SMARTS) is 1. The van der Waals surface area contributed by atoms with Gasteiger partial charge in [0.2, 0.25) is 5.91 Å². The minimum atomic E-state index is -0.991. The SMILES string of the molecule is O=C(N[C@H]1CC[C@@H](C(=O)NC[C@H]2CCO[C@H]2C(=O)O)C1)OCC1c2ccccc2-c2ccccc21. The van der Waals surface area contributed by atoms with Crippen LogP contribution in [-0.2, 0) is 19.1 Å². The van der Waals surface area contributed by atoms with E-state index in [1.54, 1.807) is 0 Å². The van der Waals surface area contributed by atoms with E-state index in [0.29, 0.717) is 32.3 Å². The number of alkyl carbamates (subject to hydrolysis) is 1. The molecule has 5 rings (SSSR count). The van der Waals surface area contributed by atoms with Gasteiger partial charge in [0.25, 0.3) is 0 Å². The fourth-order valence-electron chi connectivity index (χ4n) is 5.65. The second-order valence-electron chi connectivity index (χ2n) is 9.60. The Hall–Kier alpha value is -3.39. The zero-order valence-electron chi connectivity index (χ0n) is 19.4. The molecule has 184 valence electrons. The number of hydrogen-bond acceptors (Lipinski definition) is 5. The summed E-state index contributed by atoms with van der Waals surface area (Å²) in [5.74, 6) is -1.51. The fraction of sp³-hybridized carbons (Fsp3) is 0.444. The first-order chi connectivity index (χ1) is 17.0. The number of rotatable bonds is 7. The molecule has 35 heavy (non-hydrogen) atoms. The molecule has 8 nitrogen and oxygen atoms in total. The van der Waals surface area contributed by atoms with Crippen LogP contribution in [0.4, 0.5) is 4.79 Å². The molecule has 3 N–H and O–H groups in total. The Bertz CT molecular complexity index is 1070. The Labute approximate surface area is 204 Å². The average molecular weight is 479 g/mol. The number of aliphatic carboxylic acids is 1. The molecule has 2 aromatic rings. The second-order valence-corrected chi connectivity index (χ2v) is 9.60. The quantitative estimate of drug-likeness (QED) is 0.563. The lowest BCUT2D eigenvalue weighted by atomic mass is 9.98. The molecule has 2 fully saturated rings. The van der Waals surface area contributed by atoms with Gasteiger partial charge < -0.3 is 25.2 Å². The molecular formula is C27H30N2O6. The van der Waals surface area contributed by atoms with Crippen molar-refractivity contribution in [1.82, 2.24) is 10.6 Å². The number of carbonyl (C=O) groups excluding carboxylic acids is 2. The molecule has 2 amide bonds. The first kappa shape index (κ1) is 23.4. The highest BCUT2D eigenvalue weighted by molar-refractivity contribution is 5.80. The van der Waals surface area contributed by atoms with E-state index >= 15 is 0 Å². The van der Waals surface area contributed by atoms with Crippen molar-refractivity contribution in [3.63, 3.8) is 0 Å². The summed E-state index contributed by atoms with van der Waals surface area (Å²) in [6, 6.07) is 16.3. The Morgan fingerprint density at radius 2 is 1.66 bits per heavy atom. The number of amides is 2.